The van der Waals surface area contributed by atoms with Crippen LogP contribution in [-0.2, 0) is 12.8 Å². The van der Waals surface area contributed by atoms with Gasteiger partial charge in [-0.1, -0.05) is 45.0 Å². The third-order valence-corrected chi connectivity index (χ3v) is 4.36. The van der Waals surface area contributed by atoms with Crippen LogP contribution in [0.4, 0.5) is 0 Å². The fourth-order valence-corrected chi connectivity index (χ4v) is 3.35. The van der Waals surface area contributed by atoms with Crippen molar-refractivity contribution in [2.24, 2.45) is 5.92 Å². The van der Waals surface area contributed by atoms with Crippen LogP contribution in [0.25, 0.3) is 0 Å². The monoisotopic (exact) mass is 274 g/mol. The Morgan fingerprint density at radius 1 is 1.11 bits per heavy atom. The van der Waals surface area contributed by atoms with Crippen molar-refractivity contribution >= 4 is 11.3 Å². The molecule has 1 nitrogen and oxygen atoms in total. The van der Waals surface area contributed by atoms with Crippen LogP contribution < -0.4 is 0 Å². The molecule has 1 aromatic heterocycles. The topological polar surface area (TPSA) is 20.2 Å². The number of rotatable bonds is 5. The van der Waals surface area contributed by atoms with Gasteiger partial charge in [0, 0.05) is 4.88 Å². The molecule has 0 saturated heterocycles. The van der Waals surface area contributed by atoms with Gasteiger partial charge in [0.15, 0.2) is 0 Å². The molecule has 2 aromatic rings. The summed E-state index contributed by atoms with van der Waals surface area (Å²) >= 11 is 1.64. The molecule has 0 bridgehead atoms. The molecule has 0 fully saturated rings. The van der Waals surface area contributed by atoms with Crippen LogP contribution in [0.2, 0.25) is 0 Å². The summed E-state index contributed by atoms with van der Waals surface area (Å²) in [5.74, 6) is 0.666. The molecule has 2 heteroatoms. The molecule has 0 amide bonds. The van der Waals surface area contributed by atoms with Crippen molar-refractivity contribution in [2.75, 3.05) is 0 Å². The first-order valence-corrected chi connectivity index (χ1v) is 7.83. The van der Waals surface area contributed by atoms with Crippen molar-refractivity contribution in [3.8, 4) is 0 Å². The molecule has 0 saturated carbocycles. The highest BCUT2D eigenvalue weighted by Gasteiger charge is 2.15. The lowest BCUT2D eigenvalue weighted by atomic mass is 9.99. The van der Waals surface area contributed by atoms with Crippen LogP contribution in [0.3, 0.4) is 0 Å². The van der Waals surface area contributed by atoms with Gasteiger partial charge in [-0.25, -0.2) is 0 Å². The normalized spacial score (nSPS) is 12.9. The molecule has 1 unspecified atom stereocenters. The summed E-state index contributed by atoms with van der Waals surface area (Å²) in [4.78, 5) is 1.08. The van der Waals surface area contributed by atoms with Gasteiger partial charge in [0.2, 0.25) is 0 Å². The lowest BCUT2D eigenvalue weighted by Crippen LogP contribution is -2.01. The van der Waals surface area contributed by atoms with E-state index < -0.39 is 6.10 Å². The van der Waals surface area contributed by atoms with Gasteiger partial charge in [-0.15, -0.1) is 11.3 Å². The molecule has 1 N–H and O–H groups in total. The highest BCUT2D eigenvalue weighted by Crippen LogP contribution is 2.30. The molecule has 1 heterocycles. The second kappa shape index (κ2) is 6.36. The number of aliphatic hydroxyl groups is 1. The maximum absolute atomic E-state index is 10.5. The minimum absolute atomic E-state index is 0.483. The molecule has 0 aliphatic heterocycles. The van der Waals surface area contributed by atoms with E-state index in [4.69, 9.17) is 0 Å². The van der Waals surface area contributed by atoms with Crippen LogP contribution in [0, 0.1) is 5.92 Å². The Labute approximate surface area is 119 Å². The van der Waals surface area contributed by atoms with E-state index in [0.29, 0.717) is 5.92 Å². The fraction of sp³-hybridized carbons (Fsp3) is 0.412. The molecule has 1 atom stereocenters. The summed E-state index contributed by atoms with van der Waals surface area (Å²) < 4.78 is 0. The second-order valence-electron chi connectivity index (χ2n) is 5.41. The Hall–Kier alpha value is -1.12. The van der Waals surface area contributed by atoms with Gasteiger partial charge in [-0.3, -0.25) is 0 Å². The van der Waals surface area contributed by atoms with Crippen molar-refractivity contribution in [1.29, 1.82) is 0 Å². The van der Waals surface area contributed by atoms with Crippen LogP contribution in [0.15, 0.2) is 35.7 Å². The van der Waals surface area contributed by atoms with E-state index in [2.05, 4.69) is 56.5 Å². The van der Waals surface area contributed by atoms with Crippen LogP contribution >= 0.6 is 11.3 Å². The van der Waals surface area contributed by atoms with Gasteiger partial charge in [0.05, 0.1) is 0 Å². The summed E-state index contributed by atoms with van der Waals surface area (Å²) in [5, 5.41) is 12.5. The first-order valence-electron chi connectivity index (χ1n) is 6.95. The predicted octanol–water partition coefficient (Wildman–Crippen LogP) is 4.59. The Morgan fingerprint density at radius 2 is 1.79 bits per heavy atom. The number of aliphatic hydroxyl groups excluding tert-OH is 1. The van der Waals surface area contributed by atoms with Crippen LogP contribution in [0.5, 0.6) is 0 Å². The smallest absolute Gasteiger partial charge is 0.113 e. The minimum Gasteiger partial charge on any atom is -0.383 e. The molecule has 0 radical (unpaired) electrons. The summed E-state index contributed by atoms with van der Waals surface area (Å²) in [6.07, 6.45) is 1.58. The van der Waals surface area contributed by atoms with E-state index >= 15 is 0 Å². The van der Waals surface area contributed by atoms with Gasteiger partial charge >= 0.3 is 0 Å². The van der Waals surface area contributed by atoms with Gasteiger partial charge in [-0.2, -0.15) is 0 Å². The van der Waals surface area contributed by atoms with E-state index in [9.17, 15) is 5.11 Å². The zero-order valence-electron chi connectivity index (χ0n) is 11.9. The summed E-state index contributed by atoms with van der Waals surface area (Å²) in [6, 6.07) is 10.5. The molecule has 0 aliphatic carbocycles. The first kappa shape index (κ1) is 14.3. The average molecular weight is 274 g/mol. The largest absolute Gasteiger partial charge is 0.383 e. The molecule has 19 heavy (non-hydrogen) atoms. The Kier molecular flexibility index (Phi) is 4.78. The minimum atomic E-state index is -0.483. The zero-order chi connectivity index (χ0) is 13.8. The lowest BCUT2D eigenvalue weighted by molar-refractivity contribution is 0.223. The number of benzene rings is 1. The molecule has 102 valence electrons. The Bertz CT molecular complexity index is 510. The number of hydrogen-bond donors (Lipinski definition) is 1. The lowest BCUT2D eigenvalue weighted by Gasteiger charge is -2.12. The third-order valence-electron chi connectivity index (χ3n) is 3.35. The zero-order valence-corrected chi connectivity index (χ0v) is 12.7. The van der Waals surface area contributed by atoms with E-state index in [-0.39, 0.29) is 0 Å². The first-order chi connectivity index (χ1) is 9.11. The molecular weight excluding hydrogens is 252 g/mol. The number of thiophene rings is 1. The molecule has 2 rings (SSSR count). The van der Waals surface area contributed by atoms with Gasteiger partial charge < -0.3 is 5.11 Å². The van der Waals surface area contributed by atoms with Crippen molar-refractivity contribution in [3.63, 3.8) is 0 Å². The standard InChI is InChI=1S/C17H22OS/c1-4-14-9-10-19-17(14)16(18)15-7-5-13(6-8-15)11-12(2)3/h5-10,12,16,18H,4,11H2,1-3H3. The summed E-state index contributed by atoms with van der Waals surface area (Å²) in [6.45, 7) is 6.58. The van der Waals surface area contributed by atoms with Crippen molar-refractivity contribution in [3.05, 3.63) is 57.3 Å². The maximum atomic E-state index is 10.5. The maximum Gasteiger partial charge on any atom is 0.113 e. The number of aryl methyl sites for hydroxylation is 1. The number of hydrogen-bond acceptors (Lipinski definition) is 2. The Balaban J connectivity index is 2.18. The SMILES string of the molecule is CCc1ccsc1C(O)c1ccc(CC(C)C)cc1. The fourth-order valence-electron chi connectivity index (χ4n) is 2.34. The second-order valence-corrected chi connectivity index (χ2v) is 6.35. The molecule has 1 aromatic carbocycles. The van der Waals surface area contributed by atoms with E-state index in [1.165, 1.54) is 11.1 Å². The van der Waals surface area contributed by atoms with E-state index in [1.807, 2.05) is 0 Å². The van der Waals surface area contributed by atoms with Gasteiger partial charge in [0.1, 0.15) is 6.10 Å². The van der Waals surface area contributed by atoms with E-state index in [1.54, 1.807) is 11.3 Å². The van der Waals surface area contributed by atoms with Crippen LogP contribution in [-0.4, -0.2) is 5.11 Å². The van der Waals surface area contributed by atoms with Crippen molar-refractivity contribution in [2.45, 2.75) is 39.7 Å². The predicted molar refractivity (Wildman–Crippen MR) is 82.7 cm³/mol. The average Bonchev–Trinajstić information content (AvgIpc) is 2.86. The highest BCUT2D eigenvalue weighted by atomic mass is 32.1. The van der Waals surface area contributed by atoms with Crippen LogP contribution in [0.1, 0.15) is 48.4 Å². The Morgan fingerprint density at radius 3 is 2.37 bits per heavy atom. The van der Waals surface area contributed by atoms with E-state index in [0.717, 1.165) is 23.3 Å². The molecule has 0 aliphatic rings. The quantitative estimate of drug-likeness (QED) is 0.845. The summed E-state index contributed by atoms with van der Waals surface area (Å²) in [7, 11) is 0. The van der Waals surface area contributed by atoms with Gasteiger partial charge in [0.25, 0.3) is 0 Å². The summed E-state index contributed by atoms with van der Waals surface area (Å²) in [5.41, 5.74) is 3.58. The van der Waals surface area contributed by atoms with Crippen molar-refractivity contribution < 1.29 is 5.11 Å². The van der Waals surface area contributed by atoms with Gasteiger partial charge in [-0.05, 0) is 46.9 Å². The van der Waals surface area contributed by atoms with Crippen molar-refractivity contribution in [1.82, 2.24) is 0 Å². The molecule has 0 spiro atoms. The third kappa shape index (κ3) is 3.46. The molecular formula is C17H22OS. The highest BCUT2D eigenvalue weighted by molar-refractivity contribution is 7.10.